The van der Waals surface area contributed by atoms with E-state index in [-0.39, 0.29) is 26.3 Å². The molecule has 0 radical (unpaired) electrons. The van der Waals surface area contributed by atoms with E-state index in [1.807, 2.05) is 0 Å². The summed E-state index contributed by atoms with van der Waals surface area (Å²) in [5.41, 5.74) is 4.06. The minimum Gasteiger partial charge on any atom is -0.365 e. The number of halogens is 5. The summed E-state index contributed by atoms with van der Waals surface area (Å²) in [5.74, 6) is -2.01. The monoisotopic (exact) mass is 513 g/mol. The second kappa shape index (κ2) is 8.41. The minimum absolute atomic E-state index is 0.0221. The molecule has 4 aromatic rings. The van der Waals surface area contributed by atoms with E-state index in [0.717, 1.165) is 17.8 Å². The summed E-state index contributed by atoms with van der Waals surface area (Å²) in [6.07, 6.45) is -6.17. The van der Waals surface area contributed by atoms with E-state index in [1.165, 1.54) is 4.68 Å². The number of aryl methyl sites for hydroxylation is 3. The zero-order valence-corrected chi connectivity index (χ0v) is 19.1. The maximum Gasteiger partial charge on any atom is 0.435 e. The molecule has 0 aliphatic carbocycles. The van der Waals surface area contributed by atoms with Crippen molar-refractivity contribution in [2.24, 2.45) is 19.8 Å². The molecule has 9 nitrogen and oxygen atoms in total. The van der Waals surface area contributed by atoms with Gasteiger partial charge in [-0.1, -0.05) is 0 Å². The van der Waals surface area contributed by atoms with E-state index in [4.69, 9.17) is 5.73 Å². The highest BCUT2D eigenvalue weighted by molar-refractivity contribution is 7.21. The normalized spacial score (nSPS) is 12.0. The molecule has 0 saturated heterocycles. The third-order valence-corrected chi connectivity index (χ3v) is 6.17. The lowest BCUT2D eigenvalue weighted by Crippen LogP contribution is -2.19. The average Bonchev–Trinajstić information content (AvgIpc) is 3.41. The van der Waals surface area contributed by atoms with Crippen LogP contribution < -0.4 is 11.1 Å². The van der Waals surface area contributed by atoms with Crippen molar-refractivity contribution in [1.29, 1.82) is 0 Å². The fourth-order valence-electron chi connectivity index (χ4n) is 3.59. The number of pyridine rings is 1. The summed E-state index contributed by atoms with van der Waals surface area (Å²) in [6, 6.07) is 1.66. The van der Waals surface area contributed by atoms with Crippen molar-refractivity contribution in [2.45, 2.75) is 19.5 Å². The molecule has 4 heterocycles. The van der Waals surface area contributed by atoms with Gasteiger partial charge in [-0.3, -0.25) is 19.0 Å². The highest BCUT2D eigenvalue weighted by Gasteiger charge is 2.36. The van der Waals surface area contributed by atoms with Crippen LogP contribution in [0.4, 0.5) is 27.6 Å². The fourth-order valence-corrected chi connectivity index (χ4v) is 4.61. The van der Waals surface area contributed by atoms with Gasteiger partial charge < -0.3 is 11.1 Å². The second-order valence-corrected chi connectivity index (χ2v) is 8.54. The molecule has 0 aliphatic rings. The smallest absolute Gasteiger partial charge is 0.365 e. The molecule has 0 spiro atoms. The number of carbonyl (C=O) groups excluding carboxylic acids is 2. The molecule has 35 heavy (non-hydrogen) atoms. The summed E-state index contributed by atoms with van der Waals surface area (Å²) in [6.45, 7) is 1.64. The quantitative estimate of drug-likeness (QED) is 0.390. The topological polar surface area (TPSA) is 121 Å². The number of amides is 2. The molecule has 0 aliphatic heterocycles. The van der Waals surface area contributed by atoms with Crippen molar-refractivity contribution >= 4 is 39.1 Å². The maximum absolute atomic E-state index is 13.6. The minimum atomic E-state index is -4.79. The molecule has 0 aromatic carbocycles. The number of anilines is 1. The van der Waals surface area contributed by atoms with Gasteiger partial charge in [0.1, 0.15) is 21.1 Å². The van der Waals surface area contributed by atoms with Crippen molar-refractivity contribution in [1.82, 2.24) is 24.5 Å². The standard InChI is InChI=1S/C20H16F5N7O2S/c1-7-9(6-31(2)29-7)8-4-10(16(21)22)27-19-13(8)14(15(35-19)17(26)33)28-18(34)11-5-12(20(23,24)25)30-32(11)3/h4-6,16H,1-3H3,(H2,26,33)(H,28,34). The molecule has 15 heteroatoms. The van der Waals surface area contributed by atoms with Crippen LogP contribution in [0.15, 0.2) is 18.3 Å². The highest BCUT2D eigenvalue weighted by atomic mass is 32.1. The molecular formula is C20H16F5N7O2S. The molecule has 0 fully saturated rings. The number of alkyl halides is 5. The highest BCUT2D eigenvalue weighted by Crippen LogP contribution is 2.43. The van der Waals surface area contributed by atoms with Crippen LogP contribution in [-0.2, 0) is 20.3 Å². The van der Waals surface area contributed by atoms with Crippen LogP contribution in [-0.4, -0.2) is 36.4 Å². The molecule has 184 valence electrons. The lowest BCUT2D eigenvalue weighted by Gasteiger charge is -2.10. The van der Waals surface area contributed by atoms with Crippen LogP contribution in [0.5, 0.6) is 0 Å². The Hall–Kier alpha value is -3.88. The number of fused-ring (bicyclic) bond motifs is 1. The third kappa shape index (κ3) is 4.34. The van der Waals surface area contributed by atoms with Crippen molar-refractivity contribution in [3.63, 3.8) is 0 Å². The van der Waals surface area contributed by atoms with E-state index in [2.05, 4.69) is 20.5 Å². The Morgan fingerprint density at radius 1 is 1.14 bits per heavy atom. The molecule has 4 aromatic heterocycles. The summed E-state index contributed by atoms with van der Waals surface area (Å²) < 4.78 is 68.5. The van der Waals surface area contributed by atoms with E-state index < -0.39 is 41.5 Å². The number of thiophene rings is 1. The van der Waals surface area contributed by atoms with Crippen LogP contribution >= 0.6 is 11.3 Å². The van der Waals surface area contributed by atoms with Gasteiger partial charge in [0.15, 0.2) is 5.69 Å². The number of nitrogens with zero attached hydrogens (tertiary/aromatic N) is 5. The van der Waals surface area contributed by atoms with Gasteiger partial charge in [0.25, 0.3) is 18.2 Å². The Bertz CT molecular complexity index is 1490. The van der Waals surface area contributed by atoms with E-state index in [0.29, 0.717) is 28.7 Å². The predicted octanol–water partition coefficient (Wildman–Crippen LogP) is 4.05. The number of aromatic nitrogens is 5. The molecule has 4 rings (SSSR count). The SMILES string of the molecule is Cc1nn(C)cc1-c1cc(C(F)F)nc2sc(C(N)=O)c(NC(=O)c3cc(C(F)(F)F)nn3C)c12. The lowest BCUT2D eigenvalue weighted by atomic mass is 10.0. The number of primary amides is 1. The number of nitrogens with two attached hydrogens (primary N) is 1. The van der Waals surface area contributed by atoms with Crippen molar-refractivity contribution in [3.8, 4) is 11.1 Å². The summed E-state index contributed by atoms with van der Waals surface area (Å²) in [5, 5.41) is 10.0. The Morgan fingerprint density at radius 3 is 2.34 bits per heavy atom. The first-order valence-corrected chi connectivity index (χ1v) is 10.6. The zero-order chi connectivity index (χ0) is 25.8. The van der Waals surface area contributed by atoms with Crippen molar-refractivity contribution < 1.29 is 31.5 Å². The number of carbonyl (C=O) groups is 2. The molecule has 0 unspecified atom stereocenters. The van der Waals surface area contributed by atoms with Crippen LogP contribution in [0.1, 0.15) is 43.7 Å². The molecule has 2 amide bonds. The molecule has 0 bridgehead atoms. The average molecular weight is 513 g/mol. The van der Waals surface area contributed by atoms with Gasteiger partial charge in [-0.15, -0.1) is 11.3 Å². The summed E-state index contributed by atoms with van der Waals surface area (Å²) >= 11 is 0.673. The van der Waals surface area contributed by atoms with Gasteiger partial charge in [-0.2, -0.15) is 23.4 Å². The Labute approximate surface area is 197 Å². The van der Waals surface area contributed by atoms with Crippen LogP contribution in [0, 0.1) is 6.92 Å². The molecular weight excluding hydrogens is 497 g/mol. The van der Waals surface area contributed by atoms with Crippen LogP contribution in [0.2, 0.25) is 0 Å². The van der Waals surface area contributed by atoms with Gasteiger partial charge in [0.05, 0.1) is 11.4 Å². The summed E-state index contributed by atoms with van der Waals surface area (Å²) in [4.78, 5) is 28.8. The second-order valence-electron chi connectivity index (χ2n) is 7.54. The Kier molecular flexibility index (Phi) is 5.82. The molecule has 3 N–H and O–H groups in total. The van der Waals surface area contributed by atoms with E-state index in [1.54, 1.807) is 20.2 Å². The van der Waals surface area contributed by atoms with Crippen LogP contribution in [0.25, 0.3) is 21.3 Å². The van der Waals surface area contributed by atoms with Gasteiger partial charge in [-0.25, -0.2) is 13.8 Å². The van der Waals surface area contributed by atoms with Crippen LogP contribution in [0.3, 0.4) is 0 Å². The van der Waals surface area contributed by atoms with E-state index in [9.17, 15) is 31.5 Å². The van der Waals surface area contributed by atoms with E-state index >= 15 is 0 Å². The number of hydrogen-bond donors (Lipinski definition) is 2. The first-order chi connectivity index (χ1) is 16.3. The molecule has 0 atom stereocenters. The van der Waals surface area contributed by atoms with Gasteiger partial charge in [0, 0.05) is 37.3 Å². The first kappa shape index (κ1) is 24.3. The predicted molar refractivity (Wildman–Crippen MR) is 116 cm³/mol. The lowest BCUT2D eigenvalue weighted by molar-refractivity contribution is -0.141. The van der Waals surface area contributed by atoms with Gasteiger partial charge >= 0.3 is 6.18 Å². The largest absolute Gasteiger partial charge is 0.435 e. The maximum atomic E-state index is 13.6. The zero-order valence-electron chi connectivity index (χ0n) is 18.2. The molecule has 0 saturated carbocycles. The Balaban J connectivity index is 1.94. The third-order valence-electron chi connectivity index (χ3n) is 5.07. The Morgan fingerprint density at radius 2 is 1.83 bits per heavy atom. The van der Waals surface area contributed by atoms with Crippen molar-refractivity contribution in [3.05, 3.63) is 46.0 Å². The number of hydrogen-bond acceptors (Lipinski definition) is 6. The summed E-state index contributed by atoms with van der Waals surface area (Å²) in [7, 11) is 2.76. The first-order valence-electron chi connectivity index (χ1n) is 9.76. The van der Waals surface area contributed by atoms with Gasteiger partial charge in [0.2, 0.25) is 0 Å². The fraction of sp³-hybridized carbons (Fsp3) is 0.250. The van der Waals surface area contributed by atoms with Gasteiger partial charge in [-0.05, 0) is 18.6 Å². The van der Waals surface area contributed by atoms with Crippen molar-refractivity contribution in [2.75, 3.05) is 5.32 Å². The number of nitrogens with one attached hydrogen (secondary N) is 1. The number of rotatable bonds is 5.